The van der Waals surface area contributed by atoms with Gasteiger partial charge in [0.1, 0.15) is 0 Å². The molecule has 0 spiro atoms. The van der Waals surface area contributed by atoms with Crippen LogP contribution >= 0.6 is 11.8 Å². The average Bonchev–Trinajstić information content (AvgIpc) is 2.52. The van der Waals surface area contributed by atoms with E-state index in [0.717, 1.165) is 23.6 Å². The van der Waals surface area contributed by atoms with Crippen molar-refractivity contribution in [2.24, 2.45) is 7.05 Å². The molecule has 80 valence electrons. The summed E-state index contributed by atoms with van der Waals surface area (Å²) in [4.78, 5) is 0. The normalized spacial score (nSPS) is 13.1. The second kappa shape index (κ2) is 6.03. The number of thioether (sulfide) groups is 1. The van der Waals surface area contributed by atoms with Gasteiger partial charge >= 0.3 is 0 Å². The van der Waals surface area contributed by atoms with E-state index in [-0.39, 0.29) is 6.10 Å². The fourth-order valence-corrected chi connectivity index (χ4v) is 1.92. The van der Waals surface area contributed by atoms with E-state index < -0.39 is 0 Å². The van der Waals surface area contributed by atoms with Crippen LogP contribution in [0, 0.1) is 0 Å². The second-order valence-electron chi connectivity index (χ2n) is 3.23. The Labute approximate surface area is 88.7 Å². The van der Waals surface area contributed by atoms with E-state index in [4.69, 9.17) is 0 Å². The molecule has 0 aliphatic rings. The van der Waals surface area contributed by atoms with Crippen molar-refractivity contribution in [3.63, 3.8) is 0 Å². The first-order valence-corrected chi connectivity index (χ1v) is 5.99. The van der Waals surface area contributed by atoms with Crippen molar-refractivity contribution in [2.45, 2.75) is 25.9 Å². The van der Waals surface area contributed by atoms with Gasteiger partial charge in [-0.3, -0.25) is 4.68 Å². The van der Waals surface area contributed by atoms with E-state index in [1.54, 1.807) is 4.68 Å². The summed E-state index contributed by atoms with van der Waals surface area (Å²) in [6.07, 6.45) is 2.99. The molecule has 5 heteroatoms. The monoisotopic (exact) mass is 215 g/mol. The third-order valence-corrected chi connectivity index (χ3v) is 2.83. The van der Waals surface area contributed by atoms with Gasteiger partial charge < -0.3 is 5.11 Å². The molecule has 1 rings (SSSR count). The Morgan fingerprint density at radius 3 is 3.00 bits per heavy atom. The molecule has 14 heavy (non-hydrogen) atoms. The zero-order valence-electron chi connectivity index (χ0n) is 8.68. The van der Waals surface area contributed by atoms with Gasteiger partial charge in [-0.25, -0.2) is 0 Å². The summed E-state index contributed by atoms with van der Waals surface area (Å²) in [5.41, 5.74) is 0.862. The molecular formula is C9H17N3OS. The van der Waals surface area contributed by atoms with E-state index in [0.29, 0.717) is 6.42 Å². The summed E-state index contributed by atoms with van der Waals surface area (Å²) in [6.45, 7) is 2.12. The summed E-state index contributed by atoms with van der Waals surface area (Å²) in [7, 11) is 1.83. The number of hydrogen-bond acceptors (Lipinski definition) is 4. The van der Waals surface area contributed by atoms with Crippen molar-refractivity contribution < 1.29 is 5.11 Å². The van der Waals surface area contributed by atoms with E-state index in [9.17, 15) is 5.11 Å². The van der Waals surface area contributed by atoms with Crippen LogP contribution in [-0.2, 0) is 13.5 Å². The smallest absolute Gasteiger partial charge is 0.0852 e. The van der Waals surface area contributed by atoms with Gasteiger partial charge in [-0.15, -0.1) is 5.10 Å². The van der Waals surface area contributed by atoms with E-state index in [1.165, 1.54) is 0 Å². The minimum atomic E-state index is -0.286. The van der Waals surface area contributed by atoms with Gasteiger partial charge in [0.2, 0.25) is 0 Å². The molecule has 0 amide bonds. The van der Waals surface area contributed by atoms with Gasteiger partial charge in [0.05, 0.1) is 11.8 Å². The highest BCUT2D eigenvalue weighted by Gasteiger charge is 2.07. The lowest BCUT2D eigenvalue weighted by atomic mass is 10.2. The maximum atomic E-state index is 9.65. The first kappa shape index (κ1) is 11.5. The highest BCUT2D eigenvalue weighted by Crippen LogP contribution is 2.07. The molecule has 4 nitrogen and oxygen atoms in total. The van der Waals surface area contributed by atoms with Crippen molar-refractivity contribution in [2.75, 3.05) is 11.5 Å². The average molecular weight is 215 g/mol. The number of rotatable bonds is 6. The lowest BCUT2D eigenvalue weighted by molar-refractivity contribution is 0.171. The highest BCUT2D eigenvalue weighted by molar-refractivity contribution is 7.99. The molecular weight excluding hydrogens is 198 g/mol. The number of aryl methyl sites for hydroxylation is 1. The van der Waals surface area contributed by atoms with Crippen LogP contribution in [0.25, 0.3) is 0 Å². The molecule has 1 N–H and O–H groups in total. The van der Waals surface area contributed by atoms with Crippen LogP contribution < -0.4 is 0 Å². The SMILES string of the molecule is CCSCCC(O)Cc1cn(C)nn1. The molecule has 1 unspecified atom stereocenters. The van der Waals surface area contributed by atoms with Gasteiger partial charge in [0.25, 0.3) is 0 Å². The zero-order chi connectivity index (χ0) is 10.4. The summed E-state index contributed by atoms with van der Waals surface area (Å²) >= 11 is 1.85. The first-order chi connectivity index (χ1) is 6.72. The van der Waals surface area contributed by atoms with Gasteiger partial charge in [-0.1, -0.05) is 12.1 Å². The largest absolute Gasteiger partial charge is 0.393 e. The van der Waals surface area contributed by atoms with Crippen molar-refractivity contribution in [3.8, 4) is 0 Å². The van der Waals surface area contributed by atoms with Crippen LogP contribution in [0.2, 0.25) is 0 Å². The van der Waals surface area contributed by atoms with Crippen molar-refractivity contribution in [3.05, 3.63) is 11.9 Å². The second-order valence-corrected chi connectivity index (χ2v) is 4.62. The predicted octanol–water partition coefficient (Wildman–Crippen LogP) is 0.862. The predicted molar refractivity (Wildman–Crippen MR) is 58.3 cm³/mol. The van der Waals surface area contributed by atoms with E-state index >= 15 is 0 Å². The summed E-state index contributed by atoms with van der Waals surface area (Å²) in [5.74, 6) is 2.12. The number of nitrogens with zero attached hydrogens (tertiary/aromatic N) is 3. The Balaban J connectivity index is 2.23. The summed E-state index contributed by atoms with van der Waals surface area (Å²) in [6, 6.07) is 0. The van der Waals surface area contributed by atoms with Crippen LogP contribution in [-0.4, -0.2) is 37.7 Å². The topological polar surface area (TPSA) is 50.9 Å². The Bertz CT molecular complexity index is 264. The molecule has 0 saturated heterocycles. The summed E-state index contributed by atoms with van der Waals surface area (Å²) < 4.78 is 1.66. The Morgan fingerprint density at radius 2 is 2.43 bits per heavy atom. The van der Waals surface area contributed by atoms with Crippen LogP contribution in [0.4, 0.5) is 0 Å². The van der Waals surface area contributed by atoms with Crippen LogP contribution in [0.15, 0.2) is 6.20 Å². The molecule has 1 heterocycles. The fourth-order valence-electron chi connectivity index (χ4n) is 1.20. The molecule has 0 saturated carbocycles. The number of hydrogen-bond donors (Lipinski definition) is 1. The van der Waals surface area contributed by atoms with Crippen LogP contribution in [0.3, 0.4) is 0 Å². The van der Waals surface area contributed by atoms with Gasteiger partial charge in [-0.05, 0) is 17.9 Å². The molecule has 1 aromatic heterocycles. The van der Waals surface area contributed by atoms with Crippen molar-refractivity contribution in [1.29, 1.82) is 0 Å². The van der Waals surface area contributed by atoms with Crippen molar-refractivity contribution >= 4 is 11.8 Å². The van der Waals surface area contributed by atoms with Gasteiger partial charge in [0.15, 0.2) is 0 Å². The number of aliphatic hydroxyl groups excluding tert-OH is 1. The Morgan fingerprint density at radius 1 is 1.64 bits per heavy atom. The quantitative estimate of drug-likeness (QED) is 0.715. The standard InChI is InChI=1S/C9H17N3OS/c1-3-14-5-4-9(13)6-8-7-12(2)11-10-8/h7,9,13H,3-6H2,1-2H3. The van der Waals surface area contributed by atoms with Crippen LogP contribution in [0.5, 0.6) is 0 Å². The van der Waals surface area contributed by atoms with Crippen molar-refractivity contribution in [1.82, 2.24) is 15.0 Å². The minimum absolute atomic E-state index is 0.286. The van der Waals surface area contributed by atoms with Crippen LogP contribution in [0.1, 0.15) is 19.0 Å². The van der Waals surface area contributed by atoms with E-state index in [1.807, 2.05) is 25.0 Å². The van der Waals surface area contributed by atoms with Gasteiger partial charge in [-0.2, -0.15) is 11.8 Å². The first-order valence-electron chi connectivity index (χ1n) is 4.83. The molecule has 0 aromatic carbocycles. The fraction of sp³-hybridized carbons (Fsp3) is 0.778. The highest BCUT2D eigenvalue weighted by atomic mass is 32.2. The number of aromatic nitrogens is 3. The molecule has 0 fully saturated rings. The van der Waals surface area contributed by atoms with E-state index in [2.05, 4.69) is 17.2 Å². The molecule has 0 aliphatic heterocycles. The number of aliphatic hydroxyl groups is 1. The minimum Gasteiger partial charge on any atom is -0.393 e. The molecule has 0 radical (unpaired) electrons. The maximum Gasteiger partial charge on any atom is 0.0852 e. The lowest BCUT2D eigenvalue weighted by Gasteiger charge is -2.06. The zero-order valence-corrected chi connectivity index (χ0v) is 9.50. The third kappa shape index (κ3) is 4.11. The Hall–Kier alpha value is -0.550. The Kier molecular flexibility index (Phi) is 4.97. The lowest BCUT2D eigenvalue weighted by Crippen LogP contribution is -2.11. The maximum absolute atomic E-state index is 9.65. The molecule has 0 aliphatic carbocycles. The van der Waals surface area contributed by atoms with Gasteiger partial charge in [0, 0.05) is 19.7 Å². The molecule has 0 bridgehead atoms. The summed E-state index contributed by atoms with van der Waals surface area (Å²) in [5, 5.41) is 17.4. The third-order valence-electron chi connectivity index (χ3n) is 1.89. The molecule has 1 atom stereocenters. The molecule has 1 aromatic rings.